The molecule has 3 heteroatoms. The van der Waals surface area contributed by atoms with Gasteiger partial charge in [0.25, 0.3) is 0 Å². The van der Waals surface area contributed by atoms with Crippen LogP contribution in [-0.2, 0) is 19.9 Å². The SMILES string of the molecule is Cc1ccc2c(oc3c(-c4ccc5c(c4)CCC(C4CCCCC4)C5)c(F)ccc32)c1-c1cccc[n+]1C. The summed E-state index contributed by atoms with van der Waals surface area (Å²) in [6.07, 6.45) is 12.6. The predicted molar refractivity (Wildman–Crippen MR) is 153 cm³/mol. The molecule has 0 bridgehead atoms. The lowest BCUT2D eigenvalue weighted by Gasteiger charge is -2.34. The number of furan rings is 1. The molecule has 0 amide bonds. The van der Waals surface area contributed by atoms with Gasteiger partial charge in [0.2, 0.25) is 5.69 Å². The van der Waals surface area contributed by atoms with Crippen LogP contribution in [0.5, 0.6) is 0 Å². The van der Waals surface area contributed by atoms with Crippen molar-refractivity contribution in [1.29, 1.82) is 0 Å². The van der Waals surface area contributed by atoms with Crippen molar-refractivity contribution in [2.24, 2.45) is 18.9 Å². The number of benzene rings is 3. The molecule has 2 aliphatic carbocycles. The van der Waals surface area contributed by atoms with Gasteiger partial charge < -0.3 is 4.42 Å². The van der Waals surface area contributed by atoms with Crippen molar-refractivity contribution >= 4 is 21.9 Å². The Kier molecular flexibility index (Phi) is 5.83. The van der Waals surface area contributed by atoms with E-state index in [-0.39, 0.29) is 5.82 Å². The van der Waals surface area contributed by atoms with Gasteiger partial charge >= 0.3 is 0 Å². The molecule has 7 rings (SSSR count). The molecule has 1 saturated carbocycles. The van der Waals surface area contributed by atoms with Crippen LogP contribution in [0.15, 0.2) is 71.3 Å². The highest BCUT2D eigenvalue weighted by atomic mass is 19.1. The molecule has 2 aromatic heterocycles. The minimum atomic E-state index is -0.226. The van der Waals surface area contributed by atoms with Crippen molar-refractivity contribution in [1.82, 2.24) is 0 Å². The van der Waals surface area contributed by atoms with E-state index in [0.717, 1.165) is 57.0 Å². The van der Waals surface area contributed by atoms with E-state index >= 15 is 4.39 Å². The van der Waals surface area contributed by atoms with Crippen molar-refractivity contribution in [3.63, 3.8) is 0 Å². The molecular formula is C35H35FNO+. The second-order valence-electron chi connectivity index (χ2n) is 11.6. The number of halogens is 1. The maximum Gasteiger partial charge on any atom is 0.216 e. The van der Waals surface area contributed by atoms with Crippen molar-refractivity contribution in [2.45, 2.75) is 58.3 Å². The minimum Gasteiger partial charge on any atom is -0.454 e. The first kappa shape index (κ1) is 23.6. The summed E-state index contributed by atoms with van der Waals surface area (Å²) in [5.74, 6) is 1.48. The molecule has 2 nitrogen and oxygen atoms in total. The van der Waals surface area contributed by atoms with E-state index in [2.05, 4.69) is 47.9 Å². The summed E-state index contributed by atoms with van der Waals surface area (Å²) < 4.78 is 24.3. The normalized spacial score (nSPS) is 18.2. The number of hydrogen-bond donors (Lipinski definition) is 0. The van der Waals surface area contributed by atoms with E-state index in [0.29, 0.717) is 11.1 Å². The fourth-order valence-electron chi connectivity index (χ4n) is 7.30. The number of hydrogen-bond acceptors (Lipinski definition) is 1. The van der Waals surface area contributed by atoms with Crippen LogP contribution in [0.3, 0.4) is 0 Å². The van der Waals surface area contributed by atoms with Crippen LogP contribution in [0.25, 0.3) is 44.3 Å². The summed E-state index contributed by atoms with van der Waals surface area (Å²) in [6, 6.07) is 20.5. The smallest absolute Gasteiger partial charge is 0.216 e. The Bertz CT molecular complexity index is 1670. The summed E-state index contributed by atoms with van der Waals surface area (Å²) in [4.78, 5) is 0. The molecule has 2 heterocycles. The Morgan fingerprint density at radius 3 is 2.39 bits per heavy atom. The van der Waals surface area contributed by atoms with Gasteiger partial charge in [-0.25, -0.2) is 8.96 Å². The van der Waals surface area contributed by atoms with Crippen molar-refractivity contribution in [3.05, 3.63) is 89.4 Å². The largest absolute Gasteiger partial charge is 0.454 e. The van der Waals surface area contributed by atoms with E-state index in [9.17, 15) is 0 Å². The quantitative estimate of drug-likeness (QED) is 0.224. The van der Waals surface area contributed by atoms with Gasteiger partial charge in [-0.05, 0) is 78.5 Å². The molecule has 192 valence electrons. The summed E-state index contributed by atoms with van der Waals surface area (Å²) in [5, 5.41) is 1.99. The molecular weight excluding hydrogens is 469 g/mol. The molecule has 1 atom stereocenters. The first-order chi connectivity index (χ1) is 18.6. The van der Waals surface area contributed by atoms with Crippen molar-refractivity contribution < 1.29 is 13.4 Å². The zero-order chi connectivity index (χ0) is 25.8. The van der Waals surface area contributed by atoms with Crippen LogP contribution >= 0.6 is 0 Å². The van der Waals surface area contributed by atoms with E-state index in [1.165, 1.54) is 56.1 Å². The molecule has 1 unspecified atom stereocenters. The van der Waals surface area contributed by atoms with Crippen molar-refractivity contribution in [2.75, 3.05) is 0 Å². The molecule has 0 radical (unpaired) electrons. The van der Waals surface area contributed by atoms with Crippen LogP contribution in [0.2, 0.25) is 0 Å². The Balaban J connectivity index is 1.34. The highest BCUT2D eigenvalue weighted by Gasteiger charge is 2.28. The highest BCUT2D eigenvalue weighted by molar-refractivity contribution is 6.13. The molecule has 2 aliphatic rings. The molecule has 3 aromatic carbocycles. The van der Waals surface area contributed by atoms with Crippen LogP contribution in [-0.4, -0.2) is 0 Å². The molecule has 5 aromatic rings. The Labute approximate surface area is 224 Å². The Morgan fingerprint density at radius 2 is 1.58 bits per heavy atom. The fraction of sp³-hybridized carbons (Fsp3) is 0.343. The Hall–Kier alpha value is -3.46. The van der Waals surface area contributed by atoms with E-state index < -0.39 is 0 Å². The number of nitrogens with zero attached hydrogens (tertiary/aromatic N) is 1. The van der Waals surface area contributed by atoms with E-state index in [1.807, 2.05) is 31.4 Å². The van der Waals surface area contributed by atoms with E-state index in [1.54, 1.807) is 6.07 Å². The van der Waals surface area contributed by atoms with Gasteiger partial charge in [-0.15, -0.1) is 0 Å². The predicted octanol–water partition coefficient (Wildman–Crippen LogP) is 8.88. The van der Waals surface area contributed by atoms with Crippen LogP contribution in [0.1, 0.15) is 55.2 Å². The maximum absolute atomic E-state index is 15.6. The average molecular weight is 505 g/mol. The monoisotopic (exact) mass is 504 g/mol. The van der Waals surface area contributed by atoms with Gasteiger partial charge in [0.15, 0.2) is 6.20 Å². The summed E-state index contributed by atoms with van der Waals surface area (Å²) in [6.45, 7) is 2.11. The lowest BCUT2D eigenvalue weighted by molar-refractivity contribution is -0.660. The third-order valence-electron chi connectivity index (χ3n) is 9.36. The number of rotatable bonds is 3. The zero-order valence-corrected chi connectivity index (χ0v) is 22.4. The van der Waals surface area contributed by atoms with Crippen LogP contribution in [0, 0.1) is 24.6 Å². The van der Waals surface area contributed by atoms with Gasteiger partial charge in [0, 0.05) is 22.9 Å². The topological polar surface area (TPSA) is 17.0 Å². The molecule has 0 N–H and O–H groups in total. The average Bonchev–Trinajstić information content (AvgIpc) is 3.32. The summed E-state index contributed by atoms with van der Waals surface area (Å²) >= 11 is 0. The standard InChI is InChI=1S/C35H35FNO/c1-22-11-16-28-29-17-18-30(36)33(35(29)38-34(28)32(22)31-10-6-7-19-37(31)2)27-15-14-25-20-24(12-13-26(25)21-27)23-8-4-3-5-9-23/h6-7,10-11,14-19,21,23-24H,3-5,8-9,12-13,20H2,1-2H3/q+1. The maximum atomic E-state index is 15.6. The number of fused-ring (bicyclic) bond motifs is 4. The van der Waals surface area contributed by atoms with Gasteiger partial charge in [-0.1, -0.05) is 62.4 Å². The first-order valence-electron chi connectivity index (χ1n) is 14.3. The second kappa shape index (κ2) is 9.38. The van der Waals surface area contributed by atoms with Crippen LogP contribution in [0.4, 0.5) is 4.39 Å². The van der Waals surface area contributed by atoms with E-state index in [4.69, 9.17) is 4.42 Å². The first-order valence-corrected chi connectivity index (χ1v) is 14.3. The van der Waals surface area contributed by atoms with Gasteiger partial charge in [-0.3, -0.25) is 0 Å². The highest BCUT2D eigenvalue weighted by Crippen LogP contribution is 2.43. The number of pyridine rings is 1. The summed E-state index contributed by atoms with van der Waals surface area (Å²) in [5.41, 5.74) is 9.09. The molecule has 0 saturated heterocycles. The summed E-state index contributed by atoms with van der Waals surface area (Å²) in [7, 11) is 2.05. The minimum absolute atomic E-state index is 0.226. The van der Waals surface area contributed by atoms with Gasteiger partial charge in [-0.2, -0.15) is 0 Å². The third kappa shape index (κ3) is 3.86. The van der Waals surface area contributed by atoms with Crippen LogP contribution < -0.4 is 4.57 Å². The lowest BCUT2D eigenvalue weighted by atomic mass is 9.71. The van der Waals surface area contributed by atoms with Gasteiger partial charge in [0.1, 0.15) is 24.0 Å². The van der Waals surface area contributed by atoms with Crippen molar-refractivity contribution in [3.8, 4) is 22.4 Å². The molecule has 1 fully saturated rings. The molecule has 0 spiro atoms. The molecule has 0 aliphatic heterocycles. The Morgan fingerprint density at radius 1 is 0.789 bits per heavy atom. The number of aryl methyl sites for hydroxylation is 3. The lowest BCUT2D eigenvalue weighted by Crippen LogP contribution is -2.30. The van der Waals surface area contributed by atoms with Gasteiger partial charge in [0.05, 0.1) is 11.1 Å². The third-order valence-corrected chi connectivity index (χ3v) is 9.36. The zero-order valence-electron chi connectivity index (χ0n) is 22.4. The number of aromatic nitrogens is 1. The second-order valence-corrected chi connectivity index (χ2v) is 11.6. The molecule has 38 heavy (non-hydrogen) atoms. The fourth-order valence-corrected chi connectivity index (χ4v) is 7.30.